The van der Waals surface area contributed by atoms with E-state index in [1.807, 2.05) is 12.4 Å². The predicted molar refractivity (Wildman–Crippen MR) is 50.1 cm³/mol. The van der Waals surface area contributed by atoms with Crippen LogP contribution in [0.25, 0.3) is 10.9 Å². The lowest BCUT2D eigenvalue weighted by Gasteiger charge is -2.01. The zero-order valence-corrected chi connectivity index (χ0v) is 7.41. The molecule has 62 valence electrons. The quantitative estimate of drug-likeness (QED) is 0.626. The summed E-state index contributed by atoms with van der Waals surface area (Å²) in [6.45, 7) is 5.30. The highest BCUT2D eigenvalue weighted by Crippen LogP contribution is 2.17. The molecule has 2 aromatic rings. The van der Waals surface area contributed by atoms with Crippen LogP contribution in [-0.4, -0.2) is 9.55 Å². The van der Waals surface area contributed by atoms with E-state index in [9.17, 15) is 0 Å². The smallest absolute Gasteiger partial charge is 0.0668 e. The minimum absolute atomic E-state index is 1.01. The number of hydrogen-bond acceptors (Lipinski definition) is 1. The van der Waals surface area contributed by atoms with Crippen LogP contribution in [0.4, 0.5) is 0 Å². The highest BCUT2D eigenvalue weighted by Gasteiger charge is 2.01. The van der Waals surface area contributed by atoms with Crippen LogP contribution in [-0.2, 0) is 6.54 Å². The van der Waals surface area contributed by atoms with Crippen molar-refractivity contribution in [3.8, 4) is 0 Å². The van der Waals surface area contributed by atoms with E-state index in [-0.39, 0.29) is 0 Å². The van der Waals surface area contributed by atoms with Crippen molar-refractivity contribution < 1.29 is 0 Å². The molecule has 2 heteroatoms. The molecule has 0 N–H and O–H groups in total. The van der Waals surface area contributed by atoms with Crippen molar-refractivity contribution in [2.24, 2.45) is 0 Å². The minimum Gasteiger partial charge on any atom is -0.344 e. The SMILES string of the molecule is CCn1c(C)cc2ccncc21. The summed E-state index contributed by atoms with van der Waals surface area (Å²) in [5.41, 5.74) is 2.54. The van der Waals surface area contributed by atoms with Gasteiger partial charge >= 0.3 is 0 Å². The molecule has 0 atom stereocenters. The first-order chi connectivity index (χ1) is 5.83. The first-order valence-corrected chi connectivity index (χ1v) is 4.22. The molecular formula is C10H12N2. The summed E-state index contributed by atoms with van der Waals surface area (Å²) in [5, 5.41) is 1.28. The van der Waals surface area contributed by atoms with E-state index < -0.39 is 0 Å². The van der Waals surface area contributed by atoms with Gasteiger partial charge in [-0.15, -0.1) is 0 Å². The molecule has 2 heterocycles. The molecule has 0 radical (unpaired) electrons. The summed E-state index contributed by atoms with van der Waals surface area (Å²) in [6.07, 6.45) is 3.76. The lowest BCUT2D eigenvalue weighted by Crippen LogP contribution is -1.95. The summed E-state index contributed by atoms with van der Waals surface area (Å²) < 4.78 is 2.27. The number of pyridine rings is 1. The van der Waals surface area contributed by atoms with Crippen molar-refractivity contribution in [1.29, 1.82) is 0 Å². The Labute approximate surface area is 71.8 Å². The molecule has 0 unspecified atom stereocenters. The van der Waals surface area contributed by atoms with Gasteiger partial charge in [-0.05, 0) is 26.0 Å². The molecule has 12 heavy (non-hydrogen) atoms. The third kappa shape index (κ3) is 0.916. The third-order valence-corrected chi connectivity index (χ3v) is 2.23. The second-order valence-electron chi connectivity index (χ2n) is 2.96. The van der Waals surface area contributed by atoms with Crippen molar-refractivity contribution >= 4 is 10.9 Å². The van der Waals surface area contributed by atoms with Gasteiger partial charge in [0, 0.05) is 23.8 Å². The molecule has 0 aliphatic heterocycles. The van der Waals surface area contributed by atoms with Crippen molar-refractivity contribution in [3.05, 3.63) is 30.2 Å². The lowest BCUT2D eigenvalue weighted by molar-refractivity contribution is 0.768. The summed E-state index contributed by atoms with van der Waals surface area (Å²) in [5.74, 6) is 0. The Bertz CT molecular complexity index is 401. The molecule has 0 aliphatic carbocycles. The Balaban J connectivity index is 2.81. The van der Waals surface area contributed by atoms with Crippen LogP contribution in [0, 0.1) is 6.92 Å². The normalized spacial score (nSPS) is 10.8. The average molecular weight is 160 g/mol. The molecule has 0 aromatic carbocycles. The van der Waals surface area contributed by atoms with E-state index >= 15 is 0 Å². The zero-order valence-electron chi connectivity index (χ0n) is 7.41. The van der Waals surface area contributed by atoms with Crippen LogP contribution in [0.2, 0.25) is 0 Å². The van der Waals surface area contributed by atoms with Gasteiger partial charge in [0.1, 0.15) is 0 Å². The van der Waals surface area contributed by atoms with Crippen LogP contribution >= 0.6 is 0 Å². The zero-order chi connectivity index (χ0) is 8.55. The first kappa shape index (κ1) is 7.35. The third-order valence-electron chi connectivity index (χ3n) is 2.23. The number of rotatable bonds is 1. The Morgan fingerprint density at radius 2 is 2.33 bits per heavy atom. The monoisotopic (exact) mass is 160 g/mol. The second kappa shape index (κ2) is 2.63. The van der Waals surface area contributed by atoms with Crippen LogP contribution < -0.4 is 0 Å². The van der Waals surface area contributed by atoms with E-state index in [1.165, 1.54) is 16.6 Å². The Kier molecular flexibility index (Phi) is 1.61. The number of fused-ring (bicyclic) bond motifs is 1. The average Bonchev–Trinajstić information content (AvgIpc) is 2.40. The molecule has 0 bridgehead atoms. The van der Waals surface area contributed by atoms with Crippen LogP contribution in [0.5, 0.6) is 0 Å². The maximum absolute atomic E-state index is 4.11. The van der Waals surface area contributed by atoms with Crippen molar-refractivity contribution in [2.45, 2.75) is 20.4 Å². The van der Waals surface area contributed by atoms with Gasteiger partial charge < -0.3 is 4.57 Å². The summed E-state index contributed by atoms with van der Waals surface area (Å²) in [7, 11) is 0. The second-order valence-corrected chi connectivity index (χ2v) is 2.96. The standard InChI is InChI=1S/C10H12N2/c1-3-12-8(2)6-9-4-5-11-7-10(9)12/h4-7H,3H2,1-2H3. The molecule has 0 amide bonds. The van der Waals surface area contributed by atoms with E-state index in [0.29, 0.717) is 0 Å². The maximum Gasteiger partial charge on any atom is 0.0668 e. The van der Waals surface area contributed by atoms with Crippen LogP contribution in [0.15, 0.2) is 24.5 Å². The van der Waals surface area contributed by atoms with E-state index in [4.69, 9.17) is 0 Å². The first-order valence-electron chi connectivity index (χ1n) is 4.22. The van der Waals surface area contributed by atoms with E-state index in [1.54, 1.807) is 0 Å². The van der Waals surface area contributed by atoms with Gasteiger partial charge in [-0.25, -0.2) is 0 Å². The molecule has 0 spiro atoms. The summed E-state index contributed by atoms with van der Waals surface area (Å²) in [4.78, 5) is 4.11. The summed E-state index contributed by atoms with van der Waals surface area (Å²) in [6, 6.07) is 4.25. The molecule has 0 fully saturated rings. The van der Waals surface area contributed by atoms with Crippen molar-refractivity contribution in [3.63, 3.8) is 0 Å². The highest BCUT2D eigenvalue weighted by molar-refractivity contribution is 5.80. The van der Waals surface area contributed by atoms with Gasteiger partial charge in [0.25, 0.3) is 0 Å². The Morgan fingerprint density at radius 1 is 1.50 bits per heavy atom. The lowest BCUT2D eigenvalue weighted by atomic mass is 10.3. The number of nitrogens with zero attached hydrogens (tertiary/aromatic N) is 2. The van der Waals surface area contributed by atoms with E-state index in [2.05, 4.69) is 35.5 Å². The van der Waals surface area contributed by atoms with Crippen molar-refractivity contribution in [2.75, 3.05) is 0 Å². The fourth-order valence-corrected chi connectivity index (χ4v) is 1.66. The summed E-state index contributed by atoms with van der Waals surface area (Å²) >= 11 is 0. The fourth-order valence-electron chi connectivity index (χ4n) is 1.66. The molecule has 0 saturated carbocycles. The number of aryl methyl sites for hydroxylation is 2. The molecule has 2 rings (SSSR count). The van der Waals surface area contributed by atoms with Gasteiger partial charge in [-0.2, -0.15) is 0 Å². The molecule has 2 nitrogen and oxygen atoms in total. The molecular weight excluding hydrogens is 148 g/mol. The molecule has 0 aliphatic rings. The van der Waals surface area contributed by atoms with Gasteiger partial charge in [0.2, 0.25) is 0 Å². The van der Waals surface area contributed by atoms with Crippen LogP contribution in [0.1, 0.15) is 12.6 Å². The van der Waals surface area contributed by atoms with Gasteiger partial charge in [0.15, 0.2) is 0 Å². The largest absolute Gasteiger partial charge is 0.344 e. The number of hydrogen-bond donors (Lipinski definition) is 0. The van der Waals surface area contributed by atoms with Gasteiger partial charge in [-0.3, -0.25) is 4.98 Å². The fraction of sp³-hybridized carbons (Fsp3) is 0.300. The van der Waals surface area contributed by atoms with E-state index in [0.717, 1.165) is 6.54 Å². The minimum atomic E-state index is 1.01. The van der Waals surface area contributed by atoms with Gasteiger partial charge in [0.05, 0.1) is 11.7 Å². The Hall–Kier alpha value is -1.31. The Morgan fingerprint density at radius 3 is 3.08 bits per heavy atom. The van der Waals surface area contributed by atoms with Crippen molar-refractivity contribution in [1.82, 2.24) is 9.55 Å². The molecule has 2 aromatic heterocycles. The topological polar surface area (TPSA) is 17.8 Å². The number of aromatic nitrogens is 2. The highest BCUT2D eigenvalue weighted by atomic mass is 15.0. The predicted octanol–water partition coefficient (Wildman–Crippen LogP) is 2.36. The molecule has 0 saturated heterocycles. The van der Waals surface area contributed by atoms with Crippen LogP contribution in [0.3, 0.4) is 0 Å². The maximum atomic E-state index is 4.11. The van der Waals surface area contributed by atoms with Gasteiger partial charge in [-0.1, -0.05) is 0 Å².